The monoisotopic (exact) mass is 163 g/mol. The van der Waals surface area contributed by atoms with Crippen LogP contribution in [0.3, 0.4) is 0 Å². The van der Waals surface area contributed by atoms with Crippen LogP contribution in [0.25, 0.3) is 0 Å². The van der Waals surface area contributed by atoms with Crippen molar-refractivity contribution < 1.29 is 14.9 Å². The quantitative estimate of drug-likeness (QED) is 0.498. The molecule has 0 aliphatic heterocycles. The third-order valence-electron chi connectivity index (χ3n) is 1.33. The first-order valence-corrected chi connectivity index (χ1v) is 3.14. The van der Waals surface area contributed by atoms with Gasteiger partial charge in [0.1, 0.15) is 0 Å². The Labute approximate surface area is 68.6 Å². The first-order chi connectivity index (χ1) is 5.77. The van der Waals surface area contributed by atoms with Crippen LogP contribution in [0.2, 0.25) is 0 Å². The minimum absolute atomic E-state index is 0.205. The van der Waals surface area contributed by atoms with Gasteiger partial charge in [-0.25, -0.2) is 4.79 Å². The second-order valence-electron chi connectivity index (χ2n) is 2.07. The second kappa shape index (κ2) is 3.51. The minimum Gasteiger partial charge on any atom is -0.296 e. The summed E-state index contributed by atoms with van der Waals surface area (Å²) < 4.78 is 0. The second-order valence-corrected chi connectivity index (χ2v) is 2.07. The maximum atomic E-state index is 10.7. The Morgan fingerprint density at radius 2 is 2.00 bits per heavy atom. The Kier molecular flexibility index (Phi) is 2.41. The molecule has 0 radical (unpaired) electrons. The average Bonchev–Trinajstić information content (AvgIpc) is 2.17. The van der Waals surface area contributed by atoms with E-state index in [0.717, 1.165) is 0 Å². The molecular weight excluding hydrogens is 158 g/mol. The van der Waals surface area contributed by atoms with Gasteiger partial charge in [-0.1, -0.05) is 0 Å². The van der Waals surface area contributed by atoms with Crippen LogP contribution >= 0.6 is 0 Å². The molecule has 0 heterocycles. The summed E-state index contributed by atoms with van der Waals surface area (Å²) in [5, 5.41) is 16.4. The number of carbonyl (C=O) groups excluding carboxylic acids is 1. The number of nitrogens with zero attached hydrogens (tertiary/aromatic N) is 1. The fourth-order valence-electron chi connectivity index (χ4n) is 0.734. The molecule has 0 saturated carbocycles. The predicted octanol–water partition coefficient (Wildman–Crippen LogP) is 1.19. The van der Waals surface area contributed by atoms with E-state index in [1.54, 1.807) is 0 Å². The number of hydrogen-bond acceptors (Lipinski definition) is 4. The molecule has 60 valence electrons. The predicted molar refractivity (Wildman–Crippen MR) is 39.2 cm³/mol. The maximum absolute atomic E-state index is 10.7. The van der Waals surface area contributed by atoms with Crippen LogP contribution in [0.1, 0.15) is 15.9 Å². The number of hydrogen-bond donors (Lipinski definition) is 1. The number of nitriles is 1. The standard InChI is InChI=1S/C8H5NO3/c9-5-6-1-3-7(4-2-6)8(10)12-11/h1-4,11H. The summed E-state index contributed by atoms with van der Waals surface area (Å²) >= 11 is 0. The Morgan fingerprint density at radius 1 is 1.42 bits per heavy atom. The van der Waals surface area contributed by atoms with Crippen LogP contribution in [-0.4, -0.2) is 11.2 Å². The smallest absolute Gasteiger partial charge is 0.296 e. The van der Waals surface area contributed by atoms with Crippen molar-refractivity contribution in [3.8, 4) is 6.07 Å². The van der Waals surface area contributed by atoms with Gasteiger partial charge in [-0.05, 0) is 24.3 Å². The zero-order chi connectivity index (χ0) is 8.97. The maximum Gasteiger partial charge on any atom is 0.372 e. The number of benzene rings is 1. The van der Waals surface area contributed by atoms with Crippen molar-refractivity contribution in [1.82, 2.24) is 0 Å². The van der Waals surface area contributed by atoms with Crippen molar-refractivity contribution in [2.45, 2.75) is 0 Å². The molecule has 0 atom stereocenters. The van der Waals surface area contributed by atoms with Crippen molar-refractivity contribution in [2.24, 2.45) is 0 Å². The largest absolute Gasteiger partial charge is 0.372 e. The van der Waals surface area contributed by atoms with Gasteiger partial charge in [-0.15, -0.1) is 0 Å². The van der Waals surface area contributed by atoms with Crippen molar-refractivity contribution in [1.29, 1.82) is 5.26 Å². The highest BCUT2D eigenvalue weighted by Gasteiger charge is 2.04. The molecule has 1 aromatic rings. The van der Waals surface area contributed by atoms with E-state index in [2.05, 4.69) is 4.89 Å². The molecule has 0 aliphatic carbocycles. The first-order valence-electron chi connectivity index (χ1n) is 3.14. The zero-order valence-electron chi connectivity index (χ0n) is 6.02. The lowest BCUT2D eigenvalue weighted by Crippen LogP contribution is -2.00. The van der Waals surface area contributed by atoms with E-state index < -0.39 is 5.97 Å². The Balaban J connectivity index is 2.94. The average molecular weight is 163 g/mol. The van der Waals surface area contributed by atoms with E-state index in [0.29, 0.717) is 5.56 Å². The molecule has 0 bridgehead atoms. The Bertz CT molecular complexity index is 323. The molecule has 1 aromatic carbocycles. The zero-order valence-corrected chi connectivity index (χ0v) is 6.02. The summed E-state index contributed by atoms with van der Waals surface area (Å²) in [5.74, 6) is -0.834. The van der Waals surface area contributed by atoms with Crippen molar-refractivity contribution in [2.75, 3.05) is 0 Å². The molecule has 12 heavy (non-hydrogen) atoms. The van der Waals surface area contributed by atoms with Crippen LogP contribution < -0.4 is 0 Å². The molecule has 0 aliphatic rings. The van der Waals surface area contributed by atoms with E-state index in [9.17, 15) is 4.79 Å². The van der Waals surface area contributed by atoms with Gasteiger partial charge in [0.25, 0.3) is 0 Å². The van der Waals surface area contributed by atoms with E-state index in [1.807, 2.05) is 6.07 Å². The Morgan fingerprint density at radius 3 is 2.42 bits per heavy atom. The minimum atomic E-state index is -0.834. The highest BCUT2D eigenvalue weighted by molar-refractivity contribution is 5.88. The molecule has 1 N–H and O–H groups in total. The normalized spacial score (nSPS) is 8.67. The van der Waals surface area contributed by atoms with E-state index in [1.165, 1.54) is 24.3 Å². The van der Waals surface area contributed by atoms with Gasteiger partial charge in [-0.2, -0.15) is 10.5 Å². The molecule has 1 rings (SSSR count). The fourth-order valence-corrected chi connectivity index (χ4v) is 0.734. The highest BCUT2D eigenvalue weighted by atomic mass is 17.1. The van der Waals surface area contributed by atoms with Crippen molar-refractivity contribution >= 4 is 5.97 Å². The summed E-state index contributed by atoms with van der Waals surface area (Å²) in [6.07, 6.45) is 0. The lowest BCUT2D eigenvalue weighted by atomic mass is 10.1. The lowest BCUT2D eigenvalue weighted by molar-refractivity contribution is -0.182. The fraction of sp³-hybridized carbons (Fsp3) is 0. The summed E-state index contributed by atoms with van der Waals surface area (Å²) in [5.41, 5.74) is 0.654. The van der Waals surface area contributed by atoms with Gasteiger partial charge in [0, 0.05) is 0 Å². The SMILES string of the molecule is N#Cc1ccc(C(=O)OO)cc1. The Hall–Kier alpha value is -1.86. The van der Waals surface area contributed by atoms with E-state index in [4.69, 9.17) is 10.5 Å². The van der Waals surface area contributed by atoms with Crippen LogP contribution in [-0.2, 0) is 4.89 Å². The van der Waals surface area contributed by atoms with Gasteiger partial charge < -0.3 is 0 Å². The molecule has 0 unspecified atom stereocenters. The number of carbonyl (C=O) groups is 1. The molecule has 0 amide bonds. The summed E-state index contributed by atoms with van der Waals surface area (Å²) in [7, 11) is 0. The first kappa shape index (κ1) is 8.24. The van der Waals surface area contributed by atoms with Crippen molar-refractivity contribution in [3.63, 3.8) is 0 Å². The third-order valence-corrected chi connectivity index (χ3v) is 1.33. The van der Waals surface area contributed by atoms with Gasteiger partial charge in [0.2, 0.25) is 0 Å². The molecular formula is C8H5NO3. The van der Waals surface area contributed by atoms with Crippen molar-refractivity contribution in [3.05, 3.63) is 35.4 Å². The van der Waals surface area contributed by atoms with Gasteiger partial charge >= 0.3 is 5.97 Å². The van der Waals surface area contributed by atoms with E-state index in [-0.39, 0.29) is 5.56 Å². The van der Waals surface area contributed by atoms with Gasteiger partial charge in [-0.3, -0.25) is 4.89 Å². The summed E-state index contributed by atoms with van der Waals surface area (Å²) in [4.78, 5) is 14.1. The van der Waals surface area contributed by atoms with Crippen LogP contribution in [0.4, 0.5) is 0 Å². The third kappa shape index (κ3) is 1.59. The molecule has 4 nitrogen and oxygen atoms in total. The van der Waals surface area contributed by atoms with E-state index >= 15 is 0 Å². The van der Waals surface area contributed by atoms with Gasteiger partial charge in [0.15, 0.2) is 0 Å². The highest BCUT2D eigenvalue weighted by Crippen LogP contribution is 2.03. The van der Waals surface area contributed by atoms with Crippen LogP contribution in [0.5, 0.6) is 0 Å². The summed E-state index contributed by atoms with van der Waals surface area (Å²) in [6, 6.07) is 7.63. The van der Waals surface area contributed by atoms with Crippen LogP contribution in [0.15, 0.2) is 24.3 Å². The molecule has 4 heteroatoms. The molecule has 0 spiro atoms. The number of rotatable bonds is 1. The summed E-state index contributed by atoms with van der Waals surface area (Å²) in [6.45, 7) is 0. The molecule has 0 fully saturated rings. The van der Waals surface area contributed by atoms with Gasteiger partial charge in [0.05, 0.1) is 17.2 Å². The lowest BCUT2D eigenvalue weighted by Gasteiger charge is -1.94. The molecule has 0 aromatic heterocycles. The molecule has 0 saturated heterocycles. The topological polar surface area (TPSA) is 70.3 Å². The van der Waals surface area contributed by atoms with Crippen LogP contribution in [0, 0.1) is 11.3 Å².